The van der Waals surface area contributed by atoms with Gasteiger partial charge in [0, 0.05) is 28.4 Å². The molecule has 4 aromatic rings. The molecule has 0 saturated heterocycles. The molecular formula is C22H16ClN5O3. The minimum absolute atomic E-state index is 0.0713. The van der Waals surface area contributed by atoms with E-state index < -0.39 is 10.8 Å². The zero-order valence-corrected chi connectivity index (χ0v) is 17.1. The van der Waals surface area contributed by atoms with Gasteiger partial charge in [-0.3, -0.25) is 14.9 Å². The topological polar surface area (TPSA) is 103 Å². The molecule has 0 atom stereocenters. The lowest BCUT2D eigenvalue weighted by atomic mass is 10.2. The van der Waals surface area contributed by atoms with Crippen LogP contribution in [0, 0.1) is 17.0 Å². The maximum Gasteiger partial charge on any atom is 0.295 e. The van der Waals surface area contributed by atoms with E-state index in [0.717, 1.165) is 16.8 Å². The summed E-state index contributed by atoms with van der Waals surface area (Å²) in [6.07, 6.45) is 0. The van der Waals surface area contributed by atoms with Crippen molar-refractivity contribution in [2.75, 3.05) is 5.32 Å². The molecule has 0 aliphatic carbocycles. The first kappa shape index (κ1) is 20.2. The molecule has 1 heterocycles. The second-order valence-corrected chi connectivity index (χ2v) is 7.21. The fourth-order valence-electron chi connectivity index (χ4n) is 3.02. The number of nitrogens with zero attached hydrogens (tertiary/aromatic N) is 4. The number of aromatic nitrogens is 3. The van der Waals surface area contributed by atoms with Gasteiger partial charge in [-0.2, -0.15) is 0 Å². The average molecular weight is 434 g/mol. The van der Waals surface area contributed by atoms with E-state index in [2.05, 4.69) is 15.4 Å². The van der Waals surface area contributed by atoms with Crippen LogP contribution in [0.15, 0.2) is 72.8 Å². The van der Waals surface area contributed by atoms with Gasteiger partial charge in [-0.05, 0) is 55.0 Å². The lowest BCUT2D eigenvalue weighted by Crippen LogP contribution is -2.14. The van der Waals surface area contributed by atoms with E-state index in [1.807, 2.05) is 31.2 Å². The van der Waals surface area contributed by atoms with Crippen LogP contribution in [0.5, 0.6) is 0 Å². The Hall–Kier alpha value is -4.04. The minimum Gasteiger partial charge on any atom is -0.319 e. The highest BCUT2D eigenvalue weighted by Gasteiger charge is 2.20. The number of anilines is 1. The molecule has 154 valence electrons. The van der Waals surface area contributed by atoms with Gasteiger partial charge >= 0.3 is 0 Å². The van der Waals surface area contributed by atoms with Crippen molar-refractivity contribution in [3.63, 3.8) is 0 Å². The first-order valence-electron chi connectivity index (χ1n) is 9.26. The maximum atomic E-state index is 12.8. The van der Waals surface area contributed by atoms with E-state index in [1.54, 1.807) is 35.0 Å². The summed E-state index contributed by atoms with van der Waals surface area (Å²) >= 11 is 6.00. The maximum absolute atomic E-state index is 12.8. The zero-order chi connectivity index (χ0) is 22.0. The standard InChI is InChI=1S/C22H16ClN5O3/c1-14-4-2-6-18(12-14)27-21(15-8-10-16(23)11-9-15)25-20(26-27)22(29)24-17-5-3-7-19(13-17)28(30)31/h2-13H,1H3,(H,24,29). The molecule has 31 heavy (non-hydrogen) atoms. The quantitative estimate of drug-likeness (QED) is 0.350. The van der Waals surface area contributed by atoms with Crippen LogP contribution in [0.4, 0.5) is 11.4 Å². The minimum atomic E-state index is -0.581. The molecular weight excluding hydrogens is 418 g/mol. The van der Waals surface area contributed by atoms with Gasteiger partial charge in [0.05, 0.1) is 10.6 Å². The summed E-state index contributed by atoms with van der Waals surface area (Å²) in [6, 6.07) is 20.4. The van der Waals surface area contributed by atoms with Crippen molar-refractivity contribution in [1.29, 1.82) is 0 Å². The molecule has 8 nitrogen and oxygen atoms in total. The smallest absolute Gasteiger partial charge is 0.295 e. The Morgan fingerprint density at radius 2 is 1.81 bits per heavy atom. The predicted octanol–water partition coefficient (Wildman–Crippen LogP) is 5.06. The summed E-state index contributed by atoms with van der Waals surface area (Å²) < 4.78 is 1.58. The van der Waals surface area contributed by atoms with Crippen LogP contribution in [0.1, 0.15) is 16.2 Å². The Morgan fingerprint density at radius 1 is 1.06 bits per heavy atom. The van der Waals surface area contributed by atoms with Crippen LogP contribution >= 0.6 is 11.6 Å². The fourth-order valence-corrected chi connectivity index (χ4v) is 3.14. The van der Waals surface area contributed by atoms with Crippen LogP contribution in [-0.4, -0.2) is 25.6 Å². The van der Waals surface area contributed by atoms with Crippen LogP contribution < -0.4 is 5.32 Å². The molecule has 0 aliphatic heterocycles. The van der Waals surface area contributed by atoms with E-state index in [9.17, 15) is 14.9 Å². The molecule has 0 saturated carbocycles. The van der Waals surface area contributed by atoms with Crippen molar-refractivity contribution in [3.8, 4) is 17.1 Å². The number of aryl methyl sites for hydroxylation is 1. The lowest BCUT2D eigenvalue weighted by Gasteiger charge is -2.06. The molecule has 9 heteroatoms. The highest BCUT2D eigenvalue weighted by Crippen LogP contribution is 2.24. The van der Waals surface area contributed by atoms with Gasteiger partial charge in [0.25, 0.3) is 11.6 Å². The monoisotopic (exact) mass is 433 g/mol. The largest absolute Gasteiger partial charge is 0.319 e. The average Bonchev–Trinajstić information content (AvgIpc) is 3.20. The number of amides is 1. The Kier molecular flexibility index (Phi) is 5.46. The molecule has 0 unspecified atom stereocenters. The van der Waals surface area contributed by atoms with Crippen molar-refractivity contribution in [2.24, 2.45) is 0 Å². The highest BCUT2D eigenvalue weighted by atomic mass is 35.5. The highest BCUT2D eigenvalue weighted by molar-refractivity contribution is 6.30. The van der Waals surface area contributed by atoms with Gasteiger partial charge in [0.2, 0.25) is 5.82 Å². The summed E-state index contributed by atoms with van der Waals surface area (Å²) in [6.45, 7) is 1.96. The van der Waals surface area contributed by atoms with Gasteiger partial charge in [-0.15, -0.1) is 5.10 Å². The van der Waals surface area contributed by atoms with E-state index in [4.69, 9.17) is 11.6 Å². The third-order valence-electron chi connectivity index (χ3n) is 4.47. The number of hydrogen-bond donors (Lipinski definition) is 1. The Morgan fingerprint density at radius 3 is 2.52 bits per heavy atom. The molecule has 0 spiro atoms. The van der Waals surface area contributed by atoms with Gasteiger partial charge in [0.1, 0.15) is 0 Å². The first-order valence-corrected chi connectivity index (χ1v) is 9.64. The van der Waals surface area contributed by atoms with Crippen molar-refractivity contribution < 1.29 is 9.72 Å². The van der Waals surface area contributed by atoms with Crippen LogP contribution in [0.25, 0.3) is 17.1 Å². The van der Waals surface area contributed by atoms with Crippen molar-refractivity contribution >= 4 is 28.9 Å². The Balaban J connectivity index is 1.74. The molecule has 1 N–H and O–H groups in total. The summed E-state index contributed by atoms with van der Waals surface area (Å²) in [5, 5.41) is 18.6. The zero-order valence-electron chi connectivity index (χ0n) is 16.3. The molecule has 1 aromatic heterocycles. The molecule has 1 amide bonds. The number of hydrogen-bond acceptors (Lipinski definition) is 5. The van der Waals surface area contributed by atoms with Gasteiger partial charge in [0.15, 0.2) is 5.82 Å². The van der Waals surface area contributed by atoms with E-state index in [1.165, 1.54) is 18.2 Å². The molecule has 4 rings (SSSR count). The predicted molar refractivity (Wildman–Crippen MR) is 118 cm³/mol. The fraction of sp³-hybridized carbons (Fsp3) is 0.0455. The summed E-state index contributed by atoms with van der Waals surface area (Å²) in [5.74, 6) is -0.188. The Bertz CT molecular complexity index is 1280. The van der Waals surface area contributed by atoms with Crippen molar-refractivity contribution in [2.45, 2.75) is 6.92 Å². The third-order valence-corrected chi connectivity index (χ3v) is 4.73. The summed E-state index contributed by atoms with van der Waals surface area (Å²) in [7, 11) is 0. The van der Waals surface area contributed by atoms with Crippen LogP contribution in [0.2, 0.25) is 5.02 Å². The Labute approximate surface area is 182 Å². The number of rotatable bonds is 5. The summed E-state index contributed by atoms with van der Waals surface area (Å²) in [4.78, 5) is 27.7. The first-order chi connectivity index (χ1) is 14.9. The number of carbonyl (C=O) groups is 1. The second kappa shape index (κ2) is 8.37. The van der Waals surface area contributed by atoms with Crippen molar-refractivity contribution in [3.05, 3.63) is 99.3 Å². The molecule has 0 fully saturated rings. The van der Waals surface area contributed by atoms with Gasteiger partial charge in [-0.1, -0.05) is 29.8 Å². The van der Waals surface area contributed by atoms with E-state index in [0.29, 0.717) is 10.8 Å². The number of carbonyl (C=O) groups excluding carboxylic acids is 1. The molecule has 0 radical (unpaired) electrons. The lowest BCUT2D eigenvalue weighted by molar-refractivity contribution is -0.384. The van der Waals surface area contributed by atoms with Crippen LogP contribution in [-0.2, 0) is 0 Å². The molecule has 0 aliphatic rings. The number of nitro groups is 1. The second-order valence-electron chi connectivity index (χ2n) is 6.78. The summed E-state index contributed by atoms with van der Waals surface area (Å²) in [5.41, 5.74) is 2.65. The molecule has 3 aromatic carbocycles. The number of halogens is 1. The van der Waals surface area contributed by atoms with E-state index in [-0.39, 0.29) is 17.2 Å². The van der Waals surface area contributed by atoms with Crippen LogP contribution in [0.3, 0.4) is 0 Å². The molecule has 0 bridgehead atoms. The van der Waals surface area contributed by atoms with Gasteiger partial charge < -0.3 is 5.32 Å². The SMILES string of the molecule is Cc1cccc(-n2nc(C(=O)Nc3cccc([N+](=O)[O-])c3)nc2-c2ccc(Cl)cc2)c1. The number of nitrogens with one attached hydrogen (secondary N) is 1. The van der Waals surface area contributed by atoms with Gasteiger partial charge in [-0.25, -0.2) is 9.67 Å². The normalized spacial score (nSPS) is 10.6. The number of non-ortho nitro benzene ring substituents is 1. The van der Waals surface area contributed by atoms with Crippen molar-refractivity contribution in [1.82, 2.24) is 14.8 Å². The number of benzene rings is 3. The number of nitro benzene ring substituents is 1. The van der Waals surface area contributed by atoms with E-state index >= 15 is 0 Å². The third kappa shape index (κ3) is 4.44.